The van der Waals surface area contributed by atoms with Gasteiger partial charge in [-0.1, -0.05) is 49.4 Å². The first kappa shape index (κ1) is 22.3. The largest absolute Gasteiger partial charge is 0.507 e. The number of aryl methyl sites for hydroxylation is 2. The van der Waals surface area contributed by atoms with E-state index in [2.05, 4.69) is 6.92 Å². The van der Waals surface area contributed by atoms with Gasteiger partial charge in [-0.15, -0.1) is 0 Å². The number of nitrogens with zero attached hydrogens (tertiary/aromatic N) is 1. The lowest BCUT2D eigenvalue weighted by Gasteiger charge is -2.25. The van der Waals surface area contributed by atoms with Crippen LogP contribution in [0.15, 0.2) is 78.4 Å². The first-order valence-electron chi connectivity index (χ1n) is 11.1. The molecule has 0 aliphatic carbocycles. The Bertz CT molecular complexity index is 1210. The topological polar surface area (TPSA) is 66.8 Å². The summed E-state index contributed by atoms with van der Waals surface area (Å²) in [5.41, 5.74) is 3.90. The van der Waals surface area contributed by atoms with Crippen LogP contribution in [0.2, 0.25) is 0 Å². The van der Waals surface area contributed by atoms with Gasteiger partial charge in [0.2, 0.25) is 0 Å². The Morgan fingerprint density at radius 2 is 1.67 bits per heavy atom. The van der Waals surface area contributed by atoms with Crippen molar-refractivity contribution in [2.24, 2.45) is 0 Å². The van der Waals surface area contributed by atoms with Crippen molar-refractivity contribution in [2.45, 2.75) is 33.2 Å². The van der Waals surface area contributed by atoms with Crippen LogP contribution in [-0.2, 0) is 16.0 Å². The fraction of sp³-hybridized carbons (Fsp3) is 0.214. The molecule has 1 amide bonds. The van der Waals surface area contributed by atoms with E-state index in [9.17, 15) is 14.7 Å². The third kappa shape index (κ3) is 4.14. The number of anilines is 1. The summed E-state index contributed by atoms with van der Waals surface area (Å²) in [4.78, 5) is 27.9. The van der Waals surface area contributed by atoms with Crippen molar-refractivity contribution in [3.8, 4) is 5.75 Å². The van der Waals surface area contributed by atoms with Gasteiger partial charge in [0, 0.05) is 11.3 Å². The maximum Gasteiger partial charge on any atom is 0.300 e. The monoisotopic (exact) mass is 441 g/mol. The van der Waals surface area contributed by atoms with Gasteiger partial charge in [0.15, 0.2) is 0 Å². The lowest BCUT2D eigenvalue weighted by molar-refractivity contribution is -0.132. The summed E-state index contributed by atoms with van der Waals surface area (Å²) in [7, 11) is 0. The summed E-state index contributed by atoms with van der Waals surface area (Å²) < 4.78 is 5.60. The minimum absolute atomic E-state index is 0.0802. The molecule has 1 aliphatic rings. The van der Waals surface area contributed by atoms with Crippen LogP contribution in [0.5, 0.6) is 5.75 Å². The molecule has 3 aromatic carbocycles. The molecular formula is C28H27NO4. The number of aliphatic hydroxyl groups excluding tert-OH is 1. The number of carbonyl (C=O) groups excluding carboxylic acids is 2. The SMILES string of the molecule is CCOc1ccc(/C(O)=C2/C(=O)C(=O)N(c3ccccc3)C2c2ccc(CC)cc2)cc1C. The maximum atomic E-state index is 13.2. The van der Waals surface area contributed by atoms with E-state index in [1.54, 1.807) is 30.3 Å². The molecular weight excluding hydrogens is 414 g/mol. The molecule has 33 heavy (non-hydrogen) atoms. The Kier molecular flexibility index (Phi) is 6.31. The van der Waals surface area contributed by atoms with E-state index in [4.69, 9.17) is 4.74 Å². The number of ketones is 1. The average Bonchev–Trinajstić information content (AvgIpc) is 3.11. The highest BCUT2D eigenvalue weighted by Crippen LogP contribution is 2.42. The molecule has 3 aromatic rings. The zero-order valence-corrected chi connectivity index (χ0v) is 19.0. The Hall–Kier alpha value is -3.86. The molecule has 0 spiro atoms. The lowest BCUT2D eigenvalue weighted by atomic mass is 9.94. The van der Waals surface area contributed by atoms with Crippen LogP contribution in [0, 0.1) is 6.92 Å². The van der Waals surface area contributed by atoms with E-state index < -0.39 is 17.7 Å². The average molecular weight is 442 g/mol. The van der Waals surface area contributed by atoms with Crippen molar-refractivity contribution in [1.29, 1.82) is 0 Å². The van der Waals surface area contributed by atoms with Gasteiger partial charge in [0.25, 0.3) is 11.7 Å². The van der Waals surface area contributed by atoms with E-state index in [1.807, 2.05) is 56.3 Å². The molecule has 0 radical (unpaired) electrons. The molecule has 1 N–H and O–H groups in total. The van der Waals surface area contributed by atoms with Gasteiger partial charge in [-0.3, -0.25) is 14.5 Å². The molecule has 1 atom stereocenters. The molecule has 4 rings (SSSR count). The molecule has 0 aromatic heterocycles. The molecule has 5 nitrogen and oxygen atoms in total. The van der Waals surface area contributed by atoms with Crippen LogP contribution in [-0.4, -0.2) is 23.4 Å². The molecule has 1 saturated heterocycles. The van der Waals surface area contributed by atoms with Crippen LogP contribution in [0.4, 0.5) is 5.69 Å². The summed E-state index contributed by atoms with van der Waals surface area (Å²) >= 11 is 0. The van der Waals surface area contributed by atoms with Crippen molar-refractivity contribution in [3.63, 3.8) is 0 Å². The van der Waals surface area contributed by atoms with Gasteiger partial charge < -0.3 is 9.84 Å². The van der Waals surface area contributed by atoms with Crippen molar-refractivity contribution < 1.29 is 19.4 Å². The van der Waals surface area contributed by atoms with E-state index in [-0.39, 0.29) is 11.3 Å². The van der Waals surface area contributed by atoms with Gasteiger partial charge in [0.1, 0.15) is 11.5 Å². The Morgan fingerprint density at radius 1 is 0.970 bits per heavy atom. The molecule has 1 fully saturated rings. The number of amides is 1. The number of hydrogen-bond acceptors (Lipinski definition) is 4. The van der Waals surface area contributed by atoms with E-state index in [0.29, 0.717) is 23.6 Å². The number of aliphatic hydroxyl groups is 1. The van der Waals surface area contributed by atoms with Gasteiger partial charge in [-0.2, -0.15) is 0 Å². The number of para-hydroxylation sites is 1. The van der Waals surface area contributed by atoms with Gasteiger partial charge in [-0.05, 0) is 67.3 Å². The second-order valence-corrected chi connectivity index (χ2v) is 8.01. The van der Waals surface area contributed by atoms with E-state index in [0.717, 1.165) is 23.1 Å². The summed E-state index contributed by atoms with van der Waals surface area (Å²) in [6.45, 7) is 6.38. The van der Waals surface area contributed by atoms with Crippen LogP contribution in [0.1, 0.15) is 42.1 Å². The Morgan fingerprint density at radius 3 is 2.27 bits per heavy atom. The summed E-state index contributed by atoms with van der Waals surface area (Å²) in [6, 6.07) is 21.4. The minimum Gasteiger partial charge on any atom is -0.507 e. The number of benzene rings is 3. The Labute approximate surface area is 193 Å². The number of rotatable bonds is 6. The first-order valence-corrected chi connectivity index (χ1v) is 11.1. The zero-order valence-electron chi connectivity index (χ0n) is 19.0. The highest BCUT2D eigenvalue weighted by atomic mass is 16.5. The van der Waals surface area contributed by atoms with Gasteiger partial charge in [0.05, 0.1) is 18.2 Å². The fourth-order valence-corrected chi connectivity index (χ4v) is 4.21. The summed E-state index contributed by atoms with van der Waals surface area (Å²) in [5.74, 6) is -0.838. The molecule has 1 unspecified atom stereocenters. The minimum atomic E-state index is -0.731. The molecule has 0 saturated carbocycles. The standard InChI is InChI=1S/C28H27NO4/c1-4-19-11-13-20(14-12-19)25-24(26(30)21-15-16-23(33-5-2)18(3)17-21)27(31)28(32)29(25)22-9-7-6-8-10-22/h6-17,25,30H,4-5H2,1-3H3/b26-24-. The van der Waals surface area contributed by atoms with E-state index in [1.165, 1.54) is 4.90 Å². The van der Waals surface area contributed by atoms with Crippen LogP contribution >= 0.6 is 0 Å². The van der Waals surface area contributed by atoms with Gasteiger partial charge >= 0.3 is 0 Å². The Balaban J connectivity index is 1.89. The third-order valence-electron chi connectivity index (χ3n) is 5.93. The molecule has 1 heterocycles. The van der Waals surface area contributed by atoms with Crippen molar-refractivity contribution in [1.82, 2.24) is 0 Å². The number of ether oxygens (including phenoxy) is 1. The van der Waals surface area contributed by atoms with Crippen LogP contribution < -0.4 is 9.64 Å². The normalized spacial score (nSPS) is 17.4. The predicted octanol–water partition coefficient (Wildman–Crippen LogP) is 5.58. The first-order chi connectivity index (χ1) is 16.0. The maximum absolute atomic E-state index is 13.2. The predicted molar refractivity (Wildman–Crippen MR) is 129 cm³/mol. The second-order valence-electron chi connectivity index (χ2n) is 8.01. The van der Waals surface area contributed by atoms with Crippen molar-refractivity contribution in [3.05, 3.63) is 101 Å². The van der Waals surface area contributed by atoms with Gasteiger partial charge in [-0.25, -0.2) is 0 Å². The van der Waals surface area contributed by atoms with Crippen molar-refractivity contribution >= 4 is 23.1 Å². The quantitative estimate of drug-likeness (QED) is 0.308. The molecule has 168 valence electrons. The van der Waals surface area contributed by atoms with E-state index >= 15 is 0 Å². The van der Waals surface area contributed by atoms with Crippen LogP contribution in [0.3, 0.4) is 0 Å². The lowest BCUT2D eigenvalue weighted by Crippen LogP contribution is -2.29. The smallest absolute Gasteiger partial charge is 0.300 e. The number of hydrogen-bond donors (Lipinski definition) is 1. The fourth-order valence-electron chi connectivity index (χ4n) is 4.21. The van der Waals surface area contributed by atoms with Crippen molar-refractivity contribution in [2.75, 3.05) is 11.5 Å². The third-order valence-corrected chi connectivity index (χ3v) is 5.93. The second kappa shape index (κ2) is 9.33. The molecule has 0 bridgehead atoms. The zero-order chi connectivity index (χ0) is 23.5. The highest BCUT2D eigenvalue weighted by molar-refractivity contribution is 6.51. The number of carbonyl (C=O) groups is 2. The molecule has 5 heteroatoms. The summed E-state index contributed by atoms with van der Waals surface area (Å²) in [6.07, 6.45) is 0.880. The van der Waals surface area contributed by atoms with Crippen LogP contribution in [0.25, 0.3) is 5.76 Å². The molecule has 1 aliphatic heterocycles. The number of Topliss-reactive ketones (excluding diaryl/α,β-unsaturated/α-hetero) is 1. The summed E-state index contributed by atoms with van der Waals surface area (Å²) in [5, 5.41) is 11.3. The highest BCUT2D eigenvalue weighted by Gasteiger charge is 2.46.